The lowest BCUT2D eigenvalue weighted by molar-refractivity contribution is 0.0954. The van der Waals surface area contributed by atoms with Crippen LogP contribution in [0.3, 0.4) is 0 Å². The Morgan fingerprint density at radius 2 is 1.64 bits per heavy atom. The van der Waals surface area contributed by atoms with Gasteiger partial charge >= 0.3 is 0 Å². The van der Waals surface area contributed by atoms with Gasteiger partial charge in [0.05, 0.1) is 4.90 Å². The van der Waals surface area contributed by atoms with E-state index in [1.165, 1.54) is 24.3 Å². The minimum absolute atomic E-state index is 0.138. The topological polar surface area (TPSA) is 75.3 Å². The van der Waals surface area contributed by atoms with Crippen LogP contribution in [-0.4, -0.2) is 26.9 Å². The summed E-state index contributed by atoms with van der Waals surface area (Å²) in [6, 6.07) is 13.1. The Balaban J connectivity index is 1.93. The Morgan fingerprint density at radius 1 is 1.04 bits per heavy atom. The van der Waals surface area contributed by atoms with Crippen LogP contribution in [0, 0.1) is 0 Å². The summed E-state index contributed by atoms with van der Waals surface area (Å²) in [7, 11) is -3.55. The van der Waals surface area contributed by atoms with Crippen LogP contribution in [0.2, 0.25) is 5.02 Å². The highest BCUT2D eigenvalue weighted by molar-refractivity contribution is 7.89. The molecule has 1 amide bonds. The van der Waals surface area contributed by atoms with Gasteiger partial charge in [-0.1, -0.05) is 23.7 Å². The molecule has 134 valence electrons. The van der Waals surface area contributed by atoms with Crippen molar-refractivity contribution in [2.24, 2.45) is 0 Å². The second kappa shape index (κ2) is 8.47. The lowest BCUT2D eigenvalue weighted by Gasteiger charge is -2.10. The molecule has 0 spiro atoms. The van der Waals surface area contributed by atoms with Gasteiger partial charge in [-0.2, -0.15) is 0 Å². The van der Waals surface area contributed by atoms with Crippen molar-refractivity contribution in [3.05, 3.63) is 64.7 Å². The average Bonchev–Trinajstić information content (AvgIpc) is 2.55. The molecular formula is C18H21ClN2O3S. The number of sulfonamides is 1. The van der Waals surface area contributed by atoms with Gasteiger partial charge in [0.15, 0.2) is 0 Å². The largest absolute Gasteiger partial charge is 0.352 e. The normalized spacial score (nSPS) is 11.5. The predicted molar refractivity (Wildman–Crippen MR) is 99.4 cm³/mol. The minimum Gasteiger partial charge on any atom is -0.352 e. The zero-order chi connectivity index (χ0) is 18.4. The number of hydrogen-bond donors (Lipinski definition) is 2. The van der Waals surface area contributed by atoms with Crippen molar-refractivity contribution >= 4 is 27.5 Å². The van der Waals surface area contributed by atoms with Crippen LogP contribution in [0.4, 0.5) is 0 Å². The maximum absolute atomic E-state index is 12.1. The fraction of sp³-hybridized carbons (Fsp3) is 0.278. The van der Waals surface area contributed by atoms with Gasteiger partial charge in [0, 0.05) is 23.2 Å². The van der Waals surface area contributed by atoms with Gasteiger partial charge in [-0.05, 0) is 62.2 Å². The standard InChI is InChI=1S/C18H21ClN2O3S/c1-13(2)21-25(23,24)17-9-5-15(6-10-17)18(22)20-12-11-14-3-7-16(19)8-4-14/h3-10,13,21H,11-12H2,1-2H3,(H,20,22). The molecule has 0 heterocycles. The first-order valence-electron chi connectivity index (χ1n) is 7.93. The van der Waals surface area contributed by atoms with Gasteiger partial charge in [0.2, 0.25) is 10.0 Å². The van der Waals surface area contributed by atoms with Crippen molar-refractivity contribution in [3.8, 4) is 0 Å². The van der Waals surface area contributed by atoms with Gasteiger partial charge < -0.3 is 5.32 Å². The predicted octanol–water partition coefficient (Wildman–Crippen LogP) is 3.00. The van der Waals surface area contributed by atoms with E-state index in [1.54, 1.807) is 13.8 Å². The highest BCUT2D eigenvalue weighted by Crippen LogP contribution is 2.12. The molecule has 2 N–H and O–H groups in total. The van der Waals surface area contributed by atoms with E-state index < -0.39 is 10.0 Å². The van der Waals surface area contributed by atoms with Crippen molar-refractivity contribution in [2.75, 3.05) is 6.54 Å². The molecular weight excluding hydrogens is 360 g/mol. The molecule has 25 heavy (non-hydrogen) atoms. The summed E-state index contributed by atoms with van der Waals surface area (Å²) in [5.41, 5.74) is 1.49. The number of benzene rings is 2. The fourth-order valence-corrected chi connectivity index (χ4v) is 3.61. The van der Waals surface area contributed by atoms with Crippen LogP contribution in [0.1, 0.15) is 29.8 Å². The van der Waals surface area contributed by atoms with Crippen LogP contribution < -0.4 is 10.0 Å². The van der Waals surface area contributed by atoms with Crippen molar-refractivity contribution in [1.82, 2.24) is 10.0 Å². The van der Waals surface area contributed by atoms with E-state index in [-0.39, 0.29) is 16.8 Å². The summed E-state index contributed by atoms with van der Waals surface area (Å²) in [5, 5.41) is 3.49. The molecule has 0 unspecified atom stereocenters. The molecule has 7 heteroatoms. The monoisotopic (exact) mass is 380 g/mol. The molecule has 2 aromatic rings. The van der Waals surface area contributed by atoms with Gasteiger partial charge in [-0.25, -0.2) is 13.1 Å². The molecule has 2 rings (SSSR count). The molecule has 0 aliphatic rings. The summed E-state index contributed by atoms with van der Waals surface area (Å²) in [6.07, 6.45) is 0.688. The number of amides is 1. The third kappa shape index (κ3) is 5.85. The van der Waals surface area contributed by atoms with Crippen molar-refractivity contribution < 1.29 is 13.2 Å². The van der Waals surface area contributed by atoms with Crippen LogP contribution in [-0.2, 0) is 16.4 Å². The SMILES string of the molecule is CC(C)NS(=O)(=O)c1ccc(C(=O)NCCc2ccc(Cl)cc2)cc1. The van der Waals surface area contributed by atoms with Crippen molar-refractivity contribution in [1.29, 1.82) is 0 Å². The second-order valence-electron chi connectivity index (χ2n) is 5.93. The van der Waals surface area contributed by atoms with Crippen LogP contribution >= 0.6 is 11.6 Å². The highest BCUT2D eigenvalue weighted by Gasteiger charge is 2.15. The number of hydrogen-bond acceptors (Lipinski definition) is 3. The Hall–Kier alpha value is -1.89. The van der Waals surface area contributed by atoms with Gasteiger partial charge in [-0.3, -0.25) is 4.79 Å². The van der Waals surface area contributed by atoms with Crippen LogP contribution in [0.15, 0.2) is 53.4 Å². The number of nitrogens with one attached hydrogen (secondary N) is 2. The molecule has 0 saturated heterocycles. The molecule has 0 bridgehead atoms. The average molecular weight is 381 g/mol. The van der Waals surface area contributed by atoms with E-state index in [1.807, 2.05) is 24.3 Å². The van der Waals surface area contributed by atoms with Crippen LogP contribution in [0.5, 0.6) is 0 Å². The van der Waals surface area contributed by atoms with E-state index in [4.69, 9.17) is 11.6 Å². The van der Waals surface area contributed by atoms with Gasteiger partial charge in [0.25, 0.3) is 5.91 Å². The Morgan fingerprint density at radius 3 is 2.20 bits per heavy atom. The third-order valence-electron chi connectivity index (χ3n) is 3.43. The summed E-state index contributed by atoms with van der Waals surface area (Å²) >= 11 is 5.83. The number of halogens is 1. The number of rotatable bonds is 7. The number of carbonyl (C=O) groups is 1. The smallest absolute Gasteiger partial charge is 0.251 e. The number of carbonyl (C=O) groups excluding carboxylic acids is 1. The Bertz CT molecular complexity index is 816. The van der Waals surface area contributed by atoms with E-state index in [9.17, 15) is 13.2 Å². The van der Waals surface area contributed by atoms with Gasteiger partial charge in [0.1, 0.15) is 0 Å². The first kappa shape index (κ1) is 19.4. The lowest BCUT2D eigenvalue weighted by Crippen LogP contribution is -2.30. The Labute approximate surface area is 153 Å². The van der Waals surface area contributed by atoms with E-state index in [2.05, 4.69) is 10.0 Å². The molecule has 0 saturated carbocycles. The summed E-state index contributed by atoms with van der Waals surface area (Å²) in [4.78, 5) is 12.3. The second-order valence-corrected chi connectivity index (χ2v) is 8.08. The molecule has 5 nitrogen and oxygen atoms in total. The zero-order valence-electron chi connectivity index (χ0n) is 14.1. The summed E-state index contributed by atoms with van der Waals surface area (Å²) < 4.78 is 26.6. The molecule has 0 aliphatic heterocycles. The first-order chi connectivity index (χ1) is 11.8. The van der Waals surface area contributed by atoms with Crippen molar-refractivity contribution in [2.45, 2.75) is 31.2 Å². The molecule has 0 aliphatic carbocycles. The first-order valence-corrected chi connectivity index (χ1v) is 9.79. The lowest BCUT2D eigenvalue weighted by atomic mass is 10.1. The molecule has 0 radical (unpaired) electrons. The van der Waals surface area contributed by atoms with Crippen molar-refractivity contribution in [3.63, 3.8) is 0 Å². The third-order valence-corrected chi connectivity index (χ3v) is 5.36. The molecule has 0 fully saturated rings. The molecule has 0 atom stereocenters. The van der Waals surface area contributed by atoms with Crippen LogP contribution in [0.25, 0.3) is 0 Å². The maximum atomic E-state index is 12.1. The summed E-state index contributed by atoms with van der Waals surface area (Å²) in [5.74, 6) is -0.241. The molecule has 0 aromatic heterocycles. The fourth-order valence-electron chi connectivity index (χ4n) is 2.24. The maximum Gasteiger partial charge on any atom is 0.251 e. The summed E-state index contributed by atoms with van der Waals surface area (Å²) in [6.45, 7) is 3.98. The van der Waals surface area contributed by atoms with E-state index in [0.29, 0.717) is 23.6 Å². The zero-order valence-corrected chi connectivity index (χ0v) is 15.7. The minimum atomic E-state index is -3.55. The van der Waals surface area contributed by atoms with E-state index in [0.717, 1.165) is 5.56 Å². The highest BCUT2D eigenvalue weighted by atomic mass is 35.5. The van der Waals surface area contributed by atoms with E-state index >= 15 is 0 Å². The van der Waals surface area contributed by atoms with Gasteiger partial charge in [-0.15, -0.1) is 0 Å². The molecule has 2 aromatic carbocycles. The quantitative estimate of drug-likeness (QED) is 0.775. The Kier molecular flexibility index (Phi) is 6.58.